The molecule has 0 fully saturated rings. The molecule has 1 N–H and O–H groups in total. The standard InChI is InChI=1S/C28H30BrFN2O2/c1-2-3-16-31-28(34)26(18-21-8-5-4-6-9-21)32(20-23-10-7-11-24(29)17-23)27(33)19-22-12-14-25(30)15-13-22/h4-15,17,26H,2-3,16,18-20H2,1H3,(H,31,34). The van der Waals surface area contributed by atoms with E-state index in [0.29, 0.717) is 18.5 Å². The maximum atomic E-state index is 13.6. The van der Waals surface area contributed by atoms with Gasteiger partial charge < -0.3 is 10.2 Å². The second-order valence-electron chi connectivity index (χ2n) is 8.30. The summed E-state index contributed by atoms with van der Waals surface area (Å²) in [6.45, 7) is 2.93. The van der Waals surface area contributed by atoms with Crippen LogP contribution in [0.4, 0.5) is 4.39 Å². The van der Waals surface area contributed by atoms with Gasteiger partial charge in [0.05, 0.1) is 6.42 Å². The molecular formula is C28H30BrFN2O2. The minimum Gasteiger partial charge on any atom is -0.354 e. The number of carbonyl (C=O) groups excluding carboxylic acids is 2. The highest BCUT2D eigenvalue weighted by Gasteiger charge is 2.30. The first-order valence-electron chi connectivity index (χ1n) is 11.6. The van der Waals surface area contributed by atoms with Gasteiger partial charge in [0.2, 0.25) is 11.8 Å². The highest BCUT2D eigenvalue weighted by atomic mass is 79.9. The van der Waals surface area contributed by atoms with Gasteiger partial charge in [0.15, 0.2) is 0 Å². The molecule has 3 rings (SSSR count). The first-order valence-corrected chi connectivity index (χ1v) is 12.4. The first-order chi connectivity index (χ1) is 16.5. The van der Waals surface area contributed by atoms with Crippen molar-refractivity contribution in [2.45, 2.75) is 45.2 Å². The van der Waals surface area contributed by atoms with Gasteiger partial charge in [0, 0.05) is 24.0 Å². The fourth-order valence-corrected chi connectivity index (χ4v) is 4.22. The van der Waals surface area contributed by atoms with Crippen molar-refractivity contribution in [2.24, 2.45) is 0 Å². The number of nitrogens with one attached hydrogen (secondary N) is 1. The van der Waals surface area contributed by atoms with Gasteiger partial charge in [-0.25, -0.2) is 4.39 Å². The summed E-state index contributed by atoms with van der Waals surface area (Å²) in [6, 6.07) is 22.7. The van der Waals surface area contributed by atoms with Gasteiger partial charge in [-0.3, -0.25) is 9.59 Å². The molecular weight excluding hydrogens is 495 g/mol. The van der Waals surface area contributed by atoms with Crippen LogP contribution in [0, 0.1) is 5.82 Å². The van der Waals surface area contributed by atoms with Crippen LogP contribution >= 0.6 is 15.9 Å². The Kier molecular flexibility index (Phi) is 9.83. The third kappa shape index (κ3) is 7.80. The molecule has 2 amide bonds. The Labute approximate surface area is 209 Å². The van der Waals surface area contributed by atoms with Crippen molar-refractivity contribution in [1.29, 1.82) is 0 Å². The quantitative estimate of drug-likeness (QED) is 0.327. The van der Waals surface area contributed by atoms with Gasteiger partial charge in [-0.05, 0) is 47.4 Å². The zero-order valence-electron chi connectivity index (χ0n) is 19.3. The summed E-state index contributed by atoms with van der Waals surface area (Å²) in [7, 11) is 0. The Morgan fingerprint density at radius 3 is 2.32 bits per heavy atom. The van der Waals surface area contributed by atoms with E-state index < -0.39 is 6.04 Å². The van der Waals surface area contributed by atoms with Gasteiger partial charge in [0.25, 0.3) is 0 Å². The van der Waals surface area contributed by atoms with Crippen LogP contribution in [0.5, 0.6) is 0 Å². The van der Waals surface area contributed by atoms with Gasteiger partial charge in [-0.15, -0.1) is 0 Å². The SMILES string of the molecule is CCCCNC(=O)C(Cc1ccccc1)N(Cc1cccc(Br)c1)C(=O)Cc1ccc(F)cc1. The van der Waals surface area contributed by atoms with Crippen molar-refractivity contribution >= 4 is 27.7 Å². The Balaban J connectivity index is 1.93. The summed E-state index contributed by atoms with van der Waals surface area (Å²) in [5.74, 6) is -0.697. The van der Waals surface area contributed by atoms with E-state index in [2.05, 4.69) is 28.2 Å². The molecule has 178 valence electrons. The summed E-state index contributed by atoms with van der Waals surface area (Å²) in [5.41, 5.74) is 2.60. The van der Waals surface area contributed by atoms with Crippen LogP contribution in [0.3, 0.4) is 0 Å². The predicted octanol–water partition coefficient (Wildman–Crippen LogP) is 5.69. The Morgan fingerprint density at radius 2 is 1.65 bits per heavy atom. The van der Waals surface area contributed by atoms with Crippen LogP contribution in [0.2, 0.25) is 0 Å². The molecule has 0 saturated carbocycles. The minimum atomic E-state index is -0.675. The van der Waals surface area contributed by atoms with E-state index in [9.17, 15) is 14.0 Å². The molecule has 1 atom stereocenters. The van der Waals surface area contributed by atoms with E-state index in [-0.39, 0.29) is 30.6 Å². The van der Waals surface area contributed by atoms with Crippen molar-refractivity contribution in [1.82, 2.24) is 10.2 Å². The summed E-state index contributed by atoms with van der Waals surface area (Å²) in [6.07, 6.45) is 2.33. The van der Waals surface area contributed by atoms with Crippen LogP contribution in [-0.2, 0) is 29.0 Å². The van der Waals surface area contributed by atoms with Crippen LogP contribution in [0.1, 0.15) is 36.5 Å². The first kappa shape index (κ1) is 25.6. The molecule has 0 spiro atoms. The Hall–Kier alpha value is -2.99. The van der Waals surface area contributed by atoms with Gasteiger partial charge in [0.1, 0.15) is 11.9 Å². The number of nitrogens with zero attached hydrogens (tertiary/aromatic N) is 1. The molecule has 0 aromatic heterocycles. The fraction of sp³-hybridized carbons (Fsp3) is 0.286. The summed E-state index contributed by atoms with van der Waals surface area (Å²) in [4.78, 5) is 28.6. The second kappa shape index (κ2) is 13.0. The lowest BCUT2D eigenvalue weighted by Crippen LogP contribution is -2.51. The molecule has 0 aliphatic rings. The molecule has 3 aromatic carbocycles. The number of hydrogen-bond donors (Lipinski definition) is 1. The van der Waals surface area contributed by atoms with Gasteiger partial charge in [-0.1, -0.05) is 83.9 Å². The molecule has 34 heavy (non-hydrogen) atoms. The van der Waals surface area contributed by atoms with E-state index >= 15 is 0 Å². The monoisotopic (exact) mass is 524 g/mol. The van der Waals surface area contributed by atoms with E-state index in [0.717, 1.165) is 28.4 Å². The highest BCUT2D eigenvalue weighted by Crippen LogP contribution is 2.19. The van der Waals surface area contributed by atoms with Gasteiger partial charge in [-0.2, -0.15) is 0 Å². The summed E-state index contributed by atoms with van der Waals surface area (Å²) in [5, 5.41) is 3.02. The molecule has 0 aliphatic heterocycles. The zero-order valence-corrected chi connectivity index (χ0v) is 20.9. The maximum absolute atomic E-state index is 13.6. The Morgan fingerprint density at radius 1 is 0.941 bits per heavy atom. The van der Waals surface area contributed by atoms with E-state index in [4.69, 9.17) is 0 Å². The maximum Gasteiger partial charge on any atom is 0.243 e. The highest BCUT2D eigenvalue weighted by molar-refractivity contribution is 9.10. The van der Waals surface area contributed by atoms with E-state index in [1.165, 1.54) is 12.1 Å². The topological polar surface area (TPSA) is 49.4 Å². The average molecular weight is 525 g/mol. The number of halogens is 2. The van der Waals surface area contributed by atoms with Crippen LogP contribution in [-0.4, -0.2) is 29.3 Å². The number of benzene rings is 3. The number of rotatable bonds is 11. The minimum absolute atomic E-state index is 0.0851. The smallest absolute Gasteiger partial charge is 0.243 e. The molecule has 0 saturated heterocycles. The van der Waals surface area contributed by atoms with Crippen LogP contribution < -0.4 is 5.32 Å². The molecule has 0 heterocycles. The normalized spacial score (nSPS) is 11.6. The molecule has 4 nitrogen and oxygen atoms in total. The van der Waals surface area contributed by atoms with Crippen LogP contribution in [0.15, 0.2) is 83.3 Å². The fourth-order valence-electron chi connectivity index (χ4n) is 3.77. The Bertz CT molecular complexity index is 1070. The van der Waals surface area contributed by atoms with Crippen molar-refractivity contribution in [3.05, 3.63) is 106 Å². The third-order valence-electron chi connectivity index (χ3n) is 5.61. The lowest BCUT2D eigenvalue weighted by molar-refractivity contribution is -0.140. The molecule has 0 bridgehead atoms. The molecule has 0 aliphatic carbocycles. The molecule has 1 unspecified atom stereocenters. The number of carbonyl (C=O) groups is 2. The molecule has 3 aromatic rings. The average Bonchev–Trinajstić information content (AvgIpc) is 2.83. The lowest BCUT2D eigenvalue weighted by atomic mass is 10.0. The molecule has 6 heteroatoms. The summed E-state index contributed by atoms with van der Waals surface area (Å²) < 4.78 is 14.3. The third-order valence-corrected chi connectivity index (χ3v) is 6.10. The number of unbranched alkanes of at least 4 members (excludes halogenated alkanes) is 1. The molecule has 0 radical (unpaired) electrons. The zero-order chi connectivity index (χ0) is 24.3. The predicted molar refractivity (Wildman–Crippen MR) is 137 cm³/mol. The van der Waals surface area contributed by atoms with Crippen molar-refractivity contribution in [3.8, 4) is 0 Å². The largest absolute Gasteiger partial charge is 0.354 e. The lowest BCUT2D eigenvalue weighted by Gasteiger charge is -2.32. The summed E-state index contributed by atoms with van der Waals surface area (Å²) >= 11 is 3.49. The van der Waals surface area contributed by atoms with Crippen molar-refractivity contribution < 1.29 is 14.0 Å². The second-order valence-corrected chi connectivity index (χ2v) is 9.22. The van der Waals surface area contributed by atoms with E-state index in [1.54, 1.807) is 17.0 Å². The van der Waals surface area contributed by atoms with Crippen molar-refractivity contribution in [2.75, 3.05) is 6.54 Å². The van der Waals surface area contributed by atoms with Crippen molar-refractivity contribution in [3.63, 3.8) is 0 Å². The van der Waals surface area contributed by atoms with E-state index in [1.807, 2.05) is 54.6 Å². The number of hydrogen-bond acceptors (Lipinski definition) is 2. The number of amides is 2. The van der Waals surface area contributed by atoms with Crippen LogP contribution in [0.25, 0.3) is 0 Å². The van der Waals surface area contributed by atoms with Gasteiger partial charge >= 0.3 is 0 Å².